The minimum atomic E-state index is -0.0996. The molecule has 1 unspecified atom stereocenters. The Bertz CT molecular complexity index is 868. The summed E-state index contributed by atoms with van der Waals surface area (Å²) in [5, 5.41) is 6.16. The Labute approximate surface area is 164 Å². The molecule has 2 N–H and O–H groups in total. The molecule has 4 rings (SSSR count). The predicted molar refractivity (Wildman–Crippen MR) is 107 cm³/mol. The number of urea groups is 1. The highest BCUT2D eigenvalue weighted by atomic mass is 16.5. The number of methoxy groups -OCH3 is 1. The molecule has 2 aliphatic rings. The fraction of sp³-hybridized carbons (Fsp3) is 0.333. The summed E-state index contributed by atoms with van der Waals surface area (Å²) in [6.07, 6.45) is 0. The van der Waals surface area contributed by atoms with Crippen LogP contribution in [0.25, 0.3) is 0 Å². The van der Waals surface area contributed by atoms with E-state index in [0.717, 1.165) is 23.5 Å². The summed E-state index contributed by atoms with van der Waals surface area (Å²) >= 11 is 0. The van der Waals surface area contributed by atoms with E-state index >= 15 is 0 Å². The van der Waals surface area contributed by atoms with Crippen LogP contribution in [0, 0.1) is 0 Å². The Morgan fingerprint density at radius 2 is 1.86 bits per heavy atom. The third-order valence-electron chi connectivity index (χ3n) is 5.28. The van der Waals surface area contributed by atoms with Crippen LogP contribution >= 0.6 is 0 Å². The first kappa shape index (κ1) is 18.3. The summed E-state index contributed by atoms with van der Waals surface area (Å²) in [7, 11) is 1.65. The second-order valence-electron chi connectivity index (χ2n) is 6.89. The fourth-order valence-electron chi connectivity index (χ4n) is 3.83. The van der Waals surface area contributed by atoms with Gasteiger partial charge < -0.3 is 20.3 Å². The van der Waals surface area contributed by atoms with E-state index in [1.165, 1.54) is 0 Å². The van der Waals surface area contributed by atoms with Gasteiger partial charge in [-0.1, -0.05) is 18.2 Å². The minimum absolute atomic E-state index is 0.0187. The van der Waals surface area contributed by atoms with Gasteiger partial charge in [0.15, 0.2) is 0 Å². The Morgan fingerprint density at radius 3 is 2.57 bits per heavy atom. The van der Waals surface area contributed by atoms with Crippen molar-refractivity contribution >= 4 is 17.6 Å². The number of para-hydroxylation sites is 1. The van der Waals surface area contributed by atoms with Gasteiger partial charge >= 0.3 is 6.03 Å². The van der Waals surface area contributed by atoms with Crippen molar-refractivity contribution in [1.29, 1.82) is 0 Å². The van der Waals surface area contributed by atoms with Crippen molar-refractivity contribution < 1.29 is 14.3 Å². The summed E-state index contributed by atoms with van der Waals surface area (Å²) in [5.41, 5.74) is 2.41. The molecule has 2 heterocycles. The van der Waals surface area contributed by atoms with Gasteiger partial charge in [-0.15, -0.1) is 0 Å². The lowest BCUT2D eigenvalue weighted by atomic mass is 10.0. The number of anilines is 1. The van der Waals surface area contributed by atoms with Crippen LogP contribution in [-0.2, 0) is 0 Å². The van der Waals surface area contributed by atoms with Crippen LogP contribution in [-0.4, -0.2) is 56.7 Å². The topological polar surface area (TPSA) is 73.9 Å². The van der Waals surface area contributed by atoms with Crippen molar-refractivity contribution in [3.05, 3.63) is 59.7 Å². The maximum atomic E-state index is 13.2. The van der Waals surface area contributed by atoms with Crippen LogP contribution in [0.5, 0.6) is 5.75 Å². The molecule has 0 saturated carbocycles. The quantitative estimate of drug-likeness (QED) is 0.851. The molecule has 1 atom stereocenters. The Hall–Kier alpha value is -3.06. The number of ether oxygens (including phenoxy) is 1. The normalized spacial score (nSPS) is 19.5. The molecule has 7 heteroatoms. The van der Waals surface area contributed by atoms with E-state index in [1.54, 1.807) is 24.1 Å². The number of benzene rings is 2. The number of hydrogen-bond acceptors (Lipinski definition) is 4. The SMILES string of the molecule is COc1ccccc1C1CNCCN1C(=O)c1ccc(N2CCNC2=O)cc1. The third kappa shape index (κ3) is 3.41. The first-order valence-corrected chi connectivity index (χ1v) is 9.49. The van der Waals surface area contributed by atoms with Crippen LogP contribution < -0.4 is 20.3 Å². The van der Waals surface area contributed by atoms with Crippen molar-refractivity contribution in [2.45, 2.75) is 6.04 Å². The summed E-state index contributed by atoms with van der Waals surface area (Å²) in [6, 6.07) is 14.9. The number of carbonyl (C=O) groups is 2. The van der Waals surface area contributed by atoms with Crippen molar-refractivity contribution in [2.75, 3.05) is 44.7 Å². The number of amides is 3. The maximum absolute atomic E-state index is 13.2. The first-order valence-electron chi connectivity index (χ1n) is 9.49. The third-order valence-corrected chi connectivity index (χ3v) is 5.28. The number of hydrogen-bond donors (Lipinski definition) is 2. The van der Waals surface area contributed by atoms with E-state index in [4.69, 9.17) is 4.74 Å². The van der Waals surface area contributed by atoms with E-state index in [0.29, 0.717) is 31.7 Å². The van der Waals surface area contributed by atoms with E-state index in [2.05, 4.69) is 10.6 Å². The molecule has 7 nitrogen and oxygen atoms in total. The average Bonchev–Trinajstić information content (AvgIpc) is 3.19. The van der Waals surface area contributed by atoms with E-state index in [1.807, 2.05) is 41.3 Å². The second-order valence-corrected chi connectivity index (χ2v) is 6.89. The van der Waals surface area contributed by atoms with Crippen LogP contribution in [0.3, 0.4) is 0 Å². The summed E-state index contributed by atoms with van der Waals surface area (Å²) in [6.45, 7) is 3.33. The maximum Gasteiger partial charge on any atom is 0.321 e. The Kier molecular flexibility index (Phi) is 5.16. The highest BCUT2D eigenvalue weighted by Crippen LogP contribution is 2.31. The number of nitrogens with zero attached hydrogens (tertiary/aromatic N) is 2. The number of nitrogens with one attached hydrogen (secondary N) is 2. The van der Waals surface area contributed by atoms with Gasteiger partial charge in [-0.2, -0.15) is 0 Å². The second kappa shape index (κ2) is 7.90. The predicted octanol–water partition coefficient (Wildman–Crippen LogP) is 2.01. The van der Waals surface area contributed by atoms with E-state index in [9.17, 15) is 9.59 Å². The molecule has 2 fully saturated rings. The molecule has 146 valence electrons. The van der Waals surface area contributed by atoms with Crippen molar-refractivity contribution in [2.24, 2.45) is 0 Å². The molecular formula is C21H24N4O3. The lowest BCUT2D eigenvalue weighted by Crippen LogP contribution is -2.48. The molecule has 0 aliphatic carbocycles. The van der Waals surface area contributed by atoms with Crippen molar-refractivity contribution in [3.8, 4) is 5.75 Å². The average molecular weight is 380 g/mol. The Balaban J connectivity index is 1.57. The van der Waals surface area contributed by atoms with Crippen molar-refractivity contribution in [3.63, 3.8) is 0 Å². The zero-order chi connectivity index (χ0) is 19.5. The van der Waals surface area contributed by atoms with Crippen LogP contribution in [0.4, 0.5) is 10.5 Å². The molecule has 2 aliphatic heterocycles. The van der Waals surface area contributed by atoms with Gasteiger partial charge in [0.25, 0.3) is 5.91 Å². The van der Waals surface area contributed by atoms with Crippen molar-refractivity contribution in [1.82, 2.24) is 15.5 Å². The van der Waals surface area contributed by atoms with Gasteiger partial charge in [0, 0.05) is 49.5 Å². The molecule has 28 heavy (non-hydrogen) atoms. The summed E-state index contributed by atoms with van der Waals surface area (Å²) in [4.78, 5) is 28.6. The van der Waals surface area contributed by atoms with Gasteiger partial charge in [0.2, 0.25) is 0 Å². The van der Waals surface area contributed by atoms with Gasteiger partial charge in [0.05, 0.1) is 13.2 Å². The van der Waals surface area contributed by atoms with Crippen LogP contribution in [0.2, 0.25) is 0 Å². The highest BCUT2D eigenvalue weighted by Gasteiger charge is 2.30. The molecule has 2 aromatic rings. The van der Waals surface area contributed by atoms with Gasteiger partial charge in [-0.05, 0) is 30.3 Å². The fourth-order valence-corrected chi connectivity index (χ4v) is 3.83. The highest BCUT2D eigenvalue weighted by molar-refractivity contribution is 5.97. The van der Waals surface area contributed by atoms with Crippen LogP contribution in [0.15, 0.2) is 48.5 Å². The van der Waals surface area contributed by atoms with Gasteiger partial charge in [-0.3, -0.25) is 9.69 Å². The van der Waals surface area contributed by atoms with Gasteiger partial charge in [-0.25, -0.2) is 4.79 Å². The number of rotatable bonds is 4. The lowest BCUT2D eigenvalue weighted by Gasteiger charge is -2.37. The molecule has 2 aromatic carbocycles. The van der Waals surface area contributed by atoms with E-state index < -0.39 is 0 Å². The molecule has 0 aromatic heterocycles. The number of carbonyl (C=O) groups excluding carboxylic acids is 2. The molecule has 0 spiro atoms. The largest absolute Gasteiger partial charge is 0.496 e. The zero-order valence-corrected chi connectivity index (χ0v) is 15.9. The summed E-state index contributed by atoms with van der Waals surface area (Å²) in [5.74, 6) is 0.763. The van der Waals surface area contributed by atoms with E-state index in [-0.39, 0.29) is 18.0 Å². The monoisotopic (exact) mass is 380 g/mol. The number of piperazine rings is 1. The molecule has 3 amide bonds. The minimum Gasteiger partial charge on any atom is -0.496 e. The summed E-state index contributed by atoms with van der Waals surface area (Å²) < 4.78 is 5.51. The Morgan fingerprint density at radius 1 is 1.07 bits per heavy atom. The lowest BCUT2D eigenvalue weighted by molar-refractivity contribution is 0.0631. The molecule has 0 radical (unpaired) electrons. The first-order chi connectivity index (χ1) is 13.7. The van der Waals surface area contributed by atoms with Gasteiger partial charge in [0.1, 0.15) is 5.75 Å². The molecule has 2 saturated heterocycles. The molecule has 0 bridgehead atoms. The molecular weight excluding hydrogens is 356 g/mol. The van der Waals surface area contributed by atoms with Crippen LogP contribution in [0.1, 0.15) is 22.0 Å². The zero-order valence-electron chi connectivity index (χ0n) is 15.9. The standard InChI is InChI=1S/C21H24N4O3/c1-28-19-5-3-2-4-17(19)18-14-22-10-12-25(18)20(26)15-6-8-16(9-7-15)24-13-11-23-21(24)27/h2-9,18,22H,10-14H2,1H3,(H,23,27). The smallest absolute Gasteiger partial charge is 0.321 e.